The molecular weight excluding hydrogens is 252 g/mol. The van der Waals surface area contributed by atoms with Crippen LogP contribution in [0, 0.1) is 0 Å². The third-order valence-electron chi connectivity index (χ3n) is 2.69. The molecule has 1 amide bonds. The van der Waals surface area contributed by atoms with Crippen molar-refractivity contribution in [3.05, 3.63) is 0 Å². The first-order valence-electron chi connectivity index (χ1n) is 6.20. The van der Waals surface area contributed by atoms with E-state index in [-0.39, 0.29) is 19.2 Å². The van der Waals surface area contributed by atoms with Crippen molar-refractivity contribution in [3.63, 3.8) is 0 Å². The maximum absolute atomic E-state index is 11.5. The molecule has 1 heterocycles. The molecule has 0 aliphatic carbocycles. The van der Waals surface area contributed by atoms with Crippen LogP contribution in [0.3, 0.4) is 0 Å². The van der Waals surface area contributed by atoms with Crippen LogP contribution < -0.4 is 5.32 Å². The quantitative estimate of drug-likeness (QED) is 0.760. The molecule has 0 saturated carbocycles. The molecule has 6 heteroatoms. The number of alkyl carbamates (subject to hydrolysis) is 1. The summed E-state index contributed by atoms with van der Waals surface area (Å²) in [5.74, 6) is 0. The number of thiocarbonyl (C=S) groups is 1. The number of hydrogen-bond donors (Lipinski definition) is 2. The lowest BCUT2D eigenvalue weighted by atomic mass is 10.2. The van der Waals surface area contributed by atoms with Crippen LogP contribution in [-0.2, 0) is 4.74 Å². The third-order valence-corrected chi connectivity index (χ3v) is 3.07. The van der Waals surface area contributed by atoms with Gasteiger partial charge < -0.3 is 20.1 Å². The molecule has 1 saturated heterocycles. The minimum absolute atomic E-state index is 0.0953. The van der Waals surface area contributed by atoms with Crippen LogP contribution in [0.5, 0.6) is 0 Å². The molecule has 1 atom stereocenters. The Morgan fingerprint density at radius 1 is 1.56 bits per heavy atom. The molecule has 104 valence electrons. The predicted molar refractivity (Wildman–Crippen MR) is 73.6 cm³/mol. The highest BCUT2D eigenvalue weighted by molar-refractivity contribution is 7.80. The average molecular weight is 274 g/mol. The van der Waals surface area contributed by atoms with Crippen molar-refractivity contribution >= 4 is 23.3 Å². The summed E-state index contributed by atoms with van der Waals surface area (Å²) >= 11 is 5.26. The van der Waals surface area contributed by atoms with E-state index in [1.54, 1.807) is 0 Å². The van der Waals surface area contributed by atoms with E-state index in [1.807, 2.05) is 25.7 Å². The molecule has 2 N–H and O–H groups in total. The molecule has 5 nitrogen and oxygen atoms in total. The van der Waals surface area contributed by atoms with Gasteiger partial charge >= 0.3 is 6.09 Å². The molecule has 1 unspecified atom stereocenters. The standard InChI is InChI=1S/C12H22N2O3S/c1-12(2,3)17-11(16)13-7-10(18)14-6-4-5-9(14)8-15/h9,15H,4-8H2,1-3H3,(H,13,16). The first kappa shape index (κ1) is 15.2. The van der Waals surface area contributed by atoms with Crippen LogP contribution >= 0.6 is 12.2 Å². The van der Waals surface area contributed by atoms with Gasteiger partial charge in [0, 0.05) is 6.54 Å². The monoisotopic (exact) mass is 274 g/mol. The van der Waals surface area contributed by atoms with E-state index in [4.69, 9.17) is 17.0 Å². The summed E-state index contributed by atoms with van der Waals surface area (Å²) in [4.78, 5) is 14.1. The highest BCUT2D eigenvalue weighted by Gasteiger charge is 2.26. The summed E-state index contributed by atoms with van der Waals surface area (Å²) in [6, 6.07) is 0.0953. The number of rotatable bonds is 3. The number of nitrogens with one attached hydrogen (secondary N) is 1. The average Bonchev–Trinajstić information content (AvgIpc) is 2.71. The lowest BCUT2D eigenvalue weighted by molar-refractivity contribution is 0.0534. The maximum atomic E-state index is 11.5. The van der Waals surface area contributed by atoms with Gasteiger partial charge in [-0.15, -0.1) is 0 Å². The fraction of sp³-hybridized carbons (Fsp3) is 0.833. The number of ether oxygens (including phenoxy) is 1. The highest BCUT2D eigenvalue weighted by atomic mass is 32.1. The second-order valence-corrected chi connectivity index (χ2v) is 5.89. The molecule has 0 aromatic carbocycles. The molecule has 0 radical (unpaired) electrons. The number of nitrogens with zero attached hydrogens (tertiary/aromatic N) is 1. The number of aliphatic hydroxyl groups excluding tert-OH is 1. The predicted octanol–water partition coefficient (Wildman–Crippen LogP) is 1.30. The first-order valence-corrected chi connectivity index (χ1v) is 6.61. The number of carbonyl (C=O) groups excluding carboxylic acids is 1. The van der Waals surface area contributed by atoms with Crippen LogP contribution in [-0.4, -0.2) is 52.4 Å². The molecule has 1 rings (SSSR count). The van der Waals surface area contributed by atoms with Gasteiger partial charge in [0.1, 0.15) is 5.60 Å². The molecule has 0 spiro atoms. The number of likely N-dealkylation sites (tertiary alicyclic amines) is 1. The van der Waals surface area contributed by atoms with Crippen molar-refractivity contribution in [1.82, 2.24) is 10.2 Å². The van der Waals surface area contributed by atoms with E-state index in [0.29, 0.717) is 4.99 Å². The van der Waals surface area contributed by atoms with E-state index in [0.717, 1.165) is 19.4 Å². The smallest absolute Gasteiger partial charge is 0.408 e. The van der Waals surface area contributed by atoms with Gasteiger partial charge in [-0.1, -0.05) is 12.2 Å². The second-order valence-electron chi connectivity index (χ2n) is 5.42. The maximum Gasteiger partial charge on any atom is 0.408 e. The van der Waals surface area contributed by atoms with Crippen LogP contribution in [0.25, 0.3) is 0 Å². The Hall–Kier alpha value is -0.880. The van der Waals surface area contributed by atoms with E-state index in [1.165, 1.54) is 0 Å². The largest absolute Gasteiger partial charge is 0.444 e. The number of aliphatic hydroxyl groups is 1. The molecule has 0 aromatic heterocycles. The van der Waals surface area contributed by atoms with Crippen molar-refractivity contribution in [1.29, 1.82) is 0 Å². The summed E-state index contributed by atoms with van der Waals surface area (Å²) in [6.07, 6.45) is 1.51. The minimum Gasteiger partial charge on any atom is -0.444 e. The summed E-state index contributed by atoms with van der Waals surface area (Å²) in [5, 5.41) is 11.8. The van der Waals surface area contributed by atoms with Crippen molar-refractivity contribution in [2.45, 2.75) is 45.3 Å². The Bertz CT molecular complexity index is 315. The van der Waals surface area contributed by atoms with Crippen LogP contribution in [0.1, 0.15) is 33.6 Å². The Balaban J connectivity index is 2.35. The van der Waals surface area contributed by atoms with E-state index in [2.05, 4.69) is 5.32 Å². The second kappa shape index (κ2) is 6.33. The fourth-order valence-electron chi connectivity index (χ4n) is 1.92. The Kier molecular flexibility index (Phi) is 5.34. The van der Waals surface area contributed by atoms with Gasteiger partial charge in [-0.3, -0.25) is 0 Å². The van der Waals surface area contributed by atoms with E-state index in [9.17, 15) is 9.90 Å². The molecule has 0 bridgehead atoms. The Morgan fingerprint density at radius 3 is 2.78 bits per heavy atom. The number of carbonyl (C=O) groups is 1. The molecule has 0 aromatic rings. The zero-order valence-electron chi connectivity index (χ0n) is 11.2. The number of amides is 1. The molecule has 1 aliphatic rings. The molecular formula is C12H22N2O3S. The fourth-order valence-corrected chi connectivity index (χ4v) is 2.23. The van der Waals surface area contributed by atoms with Gasteiger partial charge in [-0.05, 0) is 33.6 Å². The van der Waals surface area contributed by atoms with E-state index >= 15 is 0 Å². The summed E-state index contributed by atoms with van der Waals surface area (Å²) in [6.45, 7) is 6.67. The minimum atomic E-state index is -0.507. The number of hydrogen-bond acceptors (Lipinski definition) is 4. The zero-order chi connectivity index (χ0) is 13.8. The van der Waals surface area contributed by atoms with Gasteiger partial charge in [0.05, 0.1) is 24.2 Å². The van der Waals surface area contributed by atoms with Gasteiger partial charge in [0.2, 0.25) is 0 Å². The zero-order valence-corrected chi connectivity index (χ0v) is 12.0. The highest BCUT2D eigenvalue weighted by Crippen LogP contribution is 2.17. The summed E-state index contributed by atoms with van der Waals surface area (Å²) in [7, 11) is 0. The van der Waals surface area contributed by atoms with Crippen LogP contribution in [0.4, 0.5) is 4.79 Å². The summed E-state index contributed by atoms with van der Waals surface area (Å²) in [5.41, 5.74) is -0.507. The van der Waals surface area contributed by atoms with Crippen molar-refractivity contribution in [3.8, 4) is 0 Å². The van der Waals surface area contributed by atoms with Gasteiger partial charge in [-0.2, -0.15) is 0 Å². The first-order chi connectivity index (χ1) is 8.33. The Labute approximate surface area is 113 Å². The lowest BCUT2D eigenvalue weighted by Crippen LogP contribution is -2.43. The molecule has 1 fully saturated rings. The summed E-state index contributed by atoms with van der Waals surface area (Å²) < 4.78 is 5.13. The van der Waals surface area contributed by atoms with Crippen molar-refractivity contribution in [2.75, 3.05) is 19.7 Å². The topological polar surface area (TPSA) is 61.8 Å². The Morgan fingerprint density at radius 2 is 2.22 bits per heavy atom. The third kappa shape index (κ3) is 4.78. The van der Waals surface area contributed by atoms with Crippen LogP contribution in [0.2, 0.25) is 0 Å². The van der Waals surface area contributed by atoms with Crippen molar-refractivity contribution in [2.24, 2.45) is 0 Å². The SMILES string of the molecule is CC(C)(C)OC(=O)NCC(=S)N1CCCC1CO. The van der Waals surface area contributed by atoms with Gasteiger partial charge in [-0.25, -0.2) is 4.79 Å². The lowest BCUT2D eigenvalue weighted by Gasteiger charge is -2.26. The normalized spacial score (nSPS) is 19.8. The van der Waals surface area contributed by atoms with Crippen LogP contribution in [0.15, 0.2) is 0 Å². The van der Waals surface area contributed by atoms with Gasteiger partial charge in [0.25, 0.3) is 0 Å². The van der Waals surface area contributed by atoms with Crippen molar-refractivity contribution < 1.29 is 14.6 Å². The molecule has 1 aliphatic heterocycles. The van der Waals surface area contributed by atoms with Gasteiger partial charge in [0.15, 0.2) is 0 Å². The molecule has 18 heavy (non-hydrogen) atoms. The van der Waals surface area contributed by atoms with E-state index < -0.39 is 11.7 Å².